The Labute approximate surface area is 228 Å². The lowest BCUT2D eigenvalue weighted by Crippen LogP contribution is -2.50. The lowest BCUT2D eigenvalue weighted by atomic mass is 10.1. The summed E-state index contributed by atoms with van der Waals surface area (Å²) in [5.74, 6) is -3.16. The van der Waals surface area contributed by atoms with E-state index in [1.165, 1.54) is 29.3 Å². The lowest BCUT2D eigenvalue weighted by Gasteiger charge is -2.27. The highest BCUT2D eigenvalue weighted by atomic mass is 19.1. The number of aliphatic hydroxyl groups is 2. The summed E-state index contributed by atoms with van der Waals surface area (Å²) in [4.78, 5) is 30.9. The summed E-state index contributed by atoms with van der Waals surface area (Å²) in [5, 5.41) is 23.3. The van der Waals surface area contributed by atoms with Gasteiger partial charge in [0.1, 0.15) is 11.6 Å². The van der Waals surface area contributed by atoms with Gasteiger partial charge in [-0.3, -0.25) is 14.6 Å². The molecule has 2 atom stereocenters. The number of aliphatic hydroxyl groups excluding tert-OH is 2. The Balaban J connectivity index is 0.00000260. The Bertz CT molecular complexity index is 1200. The molecule has 2 aromatic carbocycles. The first kappa shape index (κ1) is 31.5. The van der Waals surface area contributed by atoms with E-state index in [9.17, 15) is 28.6 Å². The number of rotatable bonds is 11. The molecule has 1 aromatic heterocycles. The van der Waals surface area contributed by atoms with E-state index in [0.29, 0.717) is 18.5 Å². The highest BCUT2D eigenvalue weighted by molar-refractivity contribution is 5.90. The van der Waals surface area contributed by atoms with Crippen LogP contribution in [0, 0.1) is 18.6 Å². The number of halogens is 2. The molecule has 1 heterocycles. The predicted molar refractivity (Wildman–Crippen MR) is 146 cm³/mol. The molecule has 0 radical (unpaired) electrons. The first-order valence-electron chi connectivity index (χ1n) is 13.1. The quantitative estimate of drug-likeness (QED) is 0.331. The molecule has 2 unspecified atom stereocenters. The maximum Gasteiger partial charge on any atom is 0.254 e. The molecular formula is C30H37F2N3O4. The van der Waals surface area contributed by atoms with Gasteiger partial charge < -0.3 is 20.4 Å². The average Bonchev–Trinajstić information content (AvgIpc) is 2.94. The fourth-order valence-corrected chi connectivity index (χ4v) is 3.83. The molecule has 3 aromatic rings. The largest absolute Gasteiger partial charge is 0.380 e. The summed E-state index contributed by atoms with van der Waals surface area (Å²) in [6.07, 6.45) is -1.05. The van der Waals surface area contributed by atoms with E-state index in [2.05, 4.69) is 10.3 Å². The number of benzene rings is 2. The van der Waals surface area contributed by atoms with Crippen LogP contribution in [-0.2, 0) is 22.7 Å². The van der Waals surface area contributed by atoms with Crippen LogP contribution in [0.5, 0.6) is 0 Å². The third-order valence-corrected chi connectivity index (χ3v) is 5.88. The third-order valence-electron chi connectivity index (χ3n) is 5.88. The third kappa shape index (κ3) is 8.94. The zero-order valence-corrected chi connectivity index (χ0v) is 22.8. The zero-order valence-electron chi connectivity index (χ0n) is 22.8. The first-order chi connectivity index (χ1) is 18.7. The van der Waals surface area contributed by atoms with Crippen LogP contribution in [0.2, 0.25) is 0 Å². The molecule has 0 aliphatic rings. The molecule has 7 nitrogen and oxygen atoms in total. The molecule has 0 spiro atoms. The van der Waals surface area contributed by atoms with E-state index in [1.807, 2.05) is 52.0 Å². The first-order valence-corrected chi connectivity index (χ1v) is 13.1. The van der Waals surface area contributed by atoms with Crippen LogP contribution >= 0.6 is 0 Å². The second-order valence-corrected chi connectivity index (χ2v) is 8.86. The molecule has 0 bridgehead atoms. The Morgan fingerprint density at radius 3 is 2.23 bits per heavy atom. The summed E-state index contributed by atoms with van der Waals surface area (Å²) >= 11 is 0. The topological polar surface area (TPSA) is 103 Å². The van der Waals surface area contributed by atoms with Crippen molar-refractivity contribution in [2.24, 2.45) is 0 Å². The molecule has 0 aliphatic heterocycles. The van der Waals surface area contributed by atoms with Gasteiger partial charge in [0.2, 0.25) is 0 Å². The number of aryl methyl sites for hydroxylation is 1. The molecular weight excluding hydrogens is 504 g/mol. The van der Waals surface area contributed by atoms with Gasteiger partial charge in [-0.25, -0.2) is 8.78 Å². The number of nitrogens with one attached hydrogen (secondary N) is 1. The monoisotopic (exact) mass is 541 g/mol. The van der Waals surface area contributed by atoms with Crippen molar-refractivity contribution in [3.8, 4) is 11.3 Å². The van der Waals surface area contributed by atoms with Gasteiger partial charge in [0.05, 0.1) is 11.3 Å². The maximum absolute atomic E-state index is 14.0. The highest BCUT2D eigenvalue weighted by Crippen LogP contribution is 2.24. The average molecular weight is 542 g/mol. The summed E-state index contributed by atoms with van der Waals surface area (Å²) < 4.78 is 27.9. The Kier molecular flexibility index (Phi) is 12.7. The molecule has 210 valence electrons. The fraction of sp³-hybridized carbons (Fsp3) is 0.367. The van der Waals surface area contributed by atoms with Gasteiger partial charge in [0, 0.05) is 25.8 Å². The van der Waals surface area contributed by atoms with Crippen molar-refractivity contribution in [1.82, 2.24) is 15.2 Å². The van der Waals surface area contributed by atoms with Crippen molar-refractivity contribution in [3.05, 3.63) is 89.1 Å². The number of carbonyl (C=O) groups is 2. The second-order valence-electron chi connectivity index (χ2n) is 8.86. The van der Waals surface area contributed by atoms with Crippen LogP contribution in [0.3, 0.4) is 0 Å². The summed E-state index contributed by atoms with van der Waals surface area (Å²) in [5.41, 5.74) is 2.23. The SMILES string of the molecule is CC.CCCCN(Cc1cccc(C)c1)C(=O)C(O)C(O)C(=O)NCc1ccc(-c2c(F)cccc2F)nc1. The van der Waals surface area contributed by atoms with E-state index in [4.69, 9.17) is 0 Å². The number of unbranched alkanes of at least 4 members (excludes halogenated alkanes) is 1. The summed E-state index contributed by atoms with van der Waals surface area (Å²) in [6, 6.07) is 14.1. The van der Waals surface area contributed by atoms with Gasteiger partial charge in [-0.15, -0.1) is 0 Å². The Morgan fingerprint density at radius 1 is 0.974 bits per heavy atom. The van der Waals surface area contributed by atoms with Gasteiger partial charge in [0.25, 0.3) is 11.8 Å². The smallest absolute Gasteiger partial charge is 0.254 e. The molecule has 9 heteroatoms. The van der Waals surface area contributed by atoms with Gasteiger partial charge in [-0.2, -0.15) is 0 Å². The number of carbonyl (C=O) groups excluding carboxylic acids is 2. The highest BCUT2D eigenvalue weighted by Gasteiger charge is 2.33. The van der Waals surface area contributed by atoms with E-state index in [0.717, 1.165) is 29.7 Å². The summed E-state index contributed by atoms with van der Waals surface area (Å²) in [6.45, 7) is 8.45. The van der Waals surface area contributed by atoms with Crippen molar-refractivity contribution in [2.75, 3.05) is 6.54 Å². The number of hydrogen-bond acceptors (Lipinski definition) is 5. The van der Waals surface area contributed by atoms with Gasteiger partial charge in [0.15, 0.2) is 12.2 Å². The normalized spacial score (nSPS) is 12.1. The van der Waals surface area contributed by atoms with Crippen molar-refractivity contribution in [3.63, 3.8) is 0 Å². The van der Waals surface area contributed by atoms with Crippen molar-refractivity contribution in [2.45, 2.75) is 65.8 Å². The molecule has 3 rings (SSSR count). The molecule has 3 N–H and O–H groups in total. The molecule has 0 saturated heterocycles. The predicted octanol–water partition coefficient (Wildman–Crippen LogP) is 4.53. The van der Waals surface area contributed by atoms with Crippen molar-refractivity contribution < 1.29 is 28.6 Å². The molecule has 2 amide bonds. The number of nitrogens with zero attached hydrogens (tertiary/aromatic N) is 2. The Morgan fingerprint density at radius 2 is 1.64 bits per heavy atom. The van der Waals surface area contributed by atoms with Crippen LogP contribution in [-0.4, -0.2) is 50.7 Å². The minimum Gasteiger partial charge on any atom is -0.380 e. The maximum atomic E-state index is 14.0. The van der Waals surface area contributed by atoms with Crippen LogP contribution in [0.1, 0.15) is 50.3 Å². The van der Waals surface area contributed by atoms with Crippen molar-refractivity contribution >= 4 is 11.8 Å². The summed E-state index contributed by atoms with van der Waals surface area (Å²) in [7, 11) is 0. The standard InChI is InChI=1S/C28H31F2N3O4.C2H6/c1-3-4-13-33(17-19-8-5-7-18(2)14-19)28(37)26(35)25(34)27(36)32-16-20-11-12-23(31-15-20)24-21(29)9-6-10-22(24)30;1-2/h5-12,14-15,25-26,34-35H,3-4,13,16-17H2,1-2H3,(H,32,36);1-2H3. The van der Waals surface area contributed by atoms with E-state index in [-0.39, 0.29) is 24.3 Å². The van der Waals surface area contributed by atoms with Crippen LogP contribution in [0.15, 0.2) is 60.8 Å². The van der Waals surface area contributed by atoms with E-state index < -0.39 is 35.7 Å². The number of amides is 2. The fourth-order valence-electron chi connectivity index (χ4n) is 3.83. The van der Waals surface area contributed by atoms with Gasteiger partial charge >= 0.3 is 0 Å². The molecule has 39 heavy (non-hydrogen) atoms. The minimum atomic E-state index is -1.98. The number of aromatic nitrogens is 1. The minimum absolute atomic E-state index is 0.0767. The van der Waals surface area contributed by atoms with Gasteiger partial charge in [-0.1, -0.05) is 69.2 Å². The van der Waals surface area contributed by atoms with Crippen LogP contribution < -0.4 is 5.32 Å². The van der Waals surface area contributed by atoms with Crippen LogP contribution in [0.25, 0.3) is 11.3 Å². The molecule has 0 fully saturated rings. The zero-order chi connectivity index (χ0) is 28.9. The lowest BCUT2D eigenvalue weighted by molar-refractivity contribution is -0.153. The van der Waals surface area contributed by atoms with E-state index >= 15 is 0 Å². The van der Waals surface area contributed by atoms with Crippen molar-refractivity contribution in [1.29, 1.82) is 0 Å². The van der Waals surface area contributed by atoms with Crippen LogP contribution in [0.4, 0.5) is 8.78 Å². The number of hydrogen-bond donors (Lipinski definition) is 3. The number of pyridine rings is 1. The molecule has 0 saturated carbocycles. The second kappa shape index (κ2) is 15.7. The Hall–Kier alpha value is -3.69. The van der Waals surface area contributed by atoms with E-state index in [1.54, 1.807) is 0 Å². The van der Waals surface area contributed by atoms with Gasteiger partial charge in [-0.05, 0) is 42.7 Å². The molecule has 0 aliphatic carbocycles.